The molecule has 1 unspecified atom stereocenters. The van der Waals surface area contributed by atoms with Crippen molar-refractivity contribution >= 4 is 54.8 Å². The molecule has 0 saturated heterocycles. The van der Waals surface area contributed by atoms with Crippen molar-refractivity contribution in [2.45, 2.75) is 19.3 Å². The highest BCUT2D eigenvalue weighted by Crippen LogP contribution is 2.35. The number of nitrogens with zero attached hydrogens (tertiary/aromatic N) is 1. The van der Waals surface area contributed by atoms with Crippen molar-refractivity contribution < 1.29 is 9.90 Å². The second-order valence-electron chi connectivity index (χ2n) is 7.82. The van der Waals surface area contributed by atoms with E-state index in [4.69, 9.17) is 0 Å². The van der Waals surface area contributed by atoms with Crippen LogP contribution >= 0.6 is 31.9 Å². The third-order valence-electron chi connectivity index (χ3n) is 5.60. The quantitative estimate of drug-likeness (QED) is 0.198. The van der Waals surface area contributed by atoms with Gasteiger partial charge in [0, 0.05) is 10.0 Å². The summed E-state index contributed by atoms with van der Waals surface area (Å²) in [6.07, 6.45) is 1.99. The van der Waals surface area contributed by atoms with Gasteiger partial charge < -0.3 is 5.11 Å². The van der Waals surface area contributed by atoms with Gasteiger partial charge in [-0.25, -0.2) is 5.43 Å². The average Bonchev–Trinajstić information content (AvgIpc) is 2.84. The lowest BCUT2D eigenvalue weighted by Gasteiger charge is -2.16. The van der Waals surface area contributed by atoms with Gasteiger partial charge in [0.25, 0.3) is 0 Å². The predicted octanol–water partition coefficient (Wildman–Crippen LogP) is 6.86. The van der Waals surface area contributed by atoms with E-state index in [0.29, 0.717) is 16.5 Å². The van der Waals surface area contributed by atoms with E-state index in [1.807, 2.05) is 49.4 Å². The third-order valence-corrected chi connectivity index (χ3v) is 7.40. The molecule has 0 spiro atoms. The van der Waals surface area contributed by atoms with E-state index in [9.17, 15) is 9.90 Å². The first-order valence-electron chi connectivity index (χ1n) is 10.5. The molecule has 1 amide bonds. The largest absolute Gasteiger partial charge is 0.506 e. The molecule has 0 bridgehead atoms. The van der Waals surface area contributed by atoms with Gasteiger partial charge in [-0.05, 0) is 62.8 Å². The van der Waals surface area contributed by atoms with E-state index in [1.165, 1.54) is 11.6 Å². The van der Waals surface area contributed by atoms with Crippen molar-refractivity contribution in [3.63, 3.8) is 0 Å². The van der Waals surface area contributed by atoms with Gasteiger partial charge >= 0.3 is 0 Å². The smallest absolute Gasteiger partial charge is 0.247 e. The summed E-state index contributed by atoms with van der Waals surface area (Å²) in [4.78, 5) is 13.2. The number of fused-ring (bicyclic) bond motifs is 1. The molecule has 4 aromatic rings. The number of halogens is 2. The van der Waals surface area contributed by atoms with E-state index >= 15 is 0 Å². The number of nitrogens with one attached hydrogen (secondary N) is 1. The topological polar surface area (TPSA) is 61.7 Å². The van der Waals surface area contributed by atoms with Crippen LogP contribution in [0.3, 0.4) is 0 Å². The fourth-order valence-electron chi connectivity index (χ4n) is 3.71. The van der Waals surface area contributed by atoms with Crippen LogP contribution in [-0.4, -0.2) is 17.2 Å². The zero-order chi connectivity index (χ0) is 23.4. The Labute approximate surface area is 209 Å². The second-order valence-corrected chi connectivity index (χ2v) is 9.47. The number of amides is 1. The molecule has 0 aliphatic rings. The number of aromatic hydroxyl groups is 1. The van der Waals surface area contributed by atoms with Crippen LogP contribution in [0.4, 0.5) is 0 Å². The number of phenols is 1. The summed E-state index contributed by atoms with van der Waals surface area (Å²) >= 11 is 6.85. The van der Waals surface area contributed by atoms with Crippen LogP contribution in [0.2, 0.25) is 0 Å². The standard InChI is InChI=1S/C27H22Br2N2O2/c1-17-24(28)15-22(26(32)25(17)29)16-30-31-27(33)23(20-8-3-2-4-9-20)14-18-11-12-19-7-5-6-10-21(19)13-18/h2-13,15-16,23,32H,14H2,1H3,(H,31,33)/b30-16-. The molecular weight excluding hydrogens is 544 g/mol. The Morgan fingerprint density at radius 2 is 1.70 bits per heavy atom. The van der Waals surface area contributed by atoms with Crippen LogP contribution in [0.15, 0.2) is 92.9 Å². The summed E-state index contributed by atoms with van der Waals surface area (Å²) in [7, 11) is 0. The Hall–Kier alpha value is -2.96. The van der Waals surface area contributed by atoms with Crippen molar-refractivity contribution in [3.05, 3.63) is 110 Å². The average molecular weight is 566 g/mol. The summed E-state index contributed by atoms with van der Waals surface area (Å²) < 4.78 is 1.42. The first kappa shape index (κ1) is 23.2. The maximum absolute atomic E-state index is 13.2. The van der Waals surface area contributed by atoms with E-state index in [-0.39, 0.29) is 11.7 Å². The number of hydrazone groups is 1. The molecule has 0 fully saturated rings. The summed E-state index contributed by atoms with van der Waals surface area (Å²) in [6.45, 7) is 1.88. The molecule has 4 rings (SSSR count). The molecule has 1 atom stereocenters. The molecule has 4 aromatic carbocycles. The van der Waals surface area contributed by atoms with E-state index in [2.05, 4.69) is 72.7 Å². The summed E-state index contributed by atoms with van der Waals surface area (Å²) in [6, 6.07) is 25.9. The number of rotatable bonds is 6. The number of hydrogen-bond donors (Lipinski definition) is 2. The van der Waals surface area contributed by atoms with Crippen molar-refractivity contribution in [1.29, 1.82) is 0 Å². The maximum Gasteiger partial charge on any atom is 0.247 e. The molecule has 0 radical (unpaired) electrons. The summed E-state index contributed by atoms with van der Waals surface area (Å²) in [5.41, 5.74) is 6.02. The van der Waals surface area contributed by atoms with Crippen molar-refractivity contribution in [1.82, 2.24) is 5.43 Å². The van der Waals surface area contributed by atoms with Crippen LogP contribution in [0, 0.1) is 6.92 Å². The van der Waals surface area contributed by atoms with E-state index in [0.717, 1.165) is 26.5 Å². The zero-order valence-corrected chi connectivity index (χ0v) is 21.1. The number of benzene rings is 4. The minimum Gasteiger partial charge on any atom is -0.506 e. The van der Waals surface area contributed by atoms with Crippen molar-refractivity contribution in [2.75, 3.05) is 0 Å². The molecule has 166 valence electrons. The van der Waals surface area contributed by atoms with Gasteiger partial charge in [0.05, 0.1) is 16.6 Å². The third kappa shape index (κ3) is 5.34. The minimum atomic E-state index is -0.408. The minimum absolute atomic E-state index is 0.0736. The molecule has 33 heavy (non-hydrogen) atoms. The Bertz CT molecular complexity index is 1340. The van der Waals surface area contributed by atoms with Gasteiger partial charge in [0.1, 0.15) is 5.75 Å². The lowest BCUT2D eigenvalue weighted by atomic mass is 9.90. The molecule has 0 heterocycles. The highest BCUT2D eigenvalue weighted by Gasteiger charge is 2.21. The molecule has 0 aliphatic carbocycles. The SMILES string of the molecule is Cc1c(Br)cc(/C=N\NC(=O)C(Cc2ccc3ccccc3c2)c2ccccc2)c(O)c1Br. The van der Waals surface area contributed by atoms with Gasteiger partial charge in [0.15, 0.2) is 0 Å². The Kier molecular flexibility index (Phi) is 7.26. The highest BCUT2D eigenvalue weighted by molar-refractivity contribution is 9.11. The molecule has 0 aromatic heterocycles. The Balaban J connectivity index is 1.57. The van der Waals surface area contributed by atoms with Crippen LogP contribution in [0.1, 0.15) is 28.2 Å². The van der Waals surface area contributed by atoms with E-state index in [1.54, 1.807) is 6.07 Å². The van der Waals surface area contributed by atoms with Gasteiger partial charge in [0.2, 0.25) is 5.91 Å². The fraction of sp³-hybridized carbons (Fsp3) is 0.111. The van der Waals surface area contributed by atoms with Crippen molar-refractivity contribution in [3.8, 4) is 5.75 Å². The summed E-state index contributed by atoms with van der Waals surface area (Å²) in [5.74, 6) is -0.547. The zero-order valence-electron chi connectivity index (χ0n) is 17.9. The van der Waals surface area contributed by atoms with E-state index < -0.39 is 5.92 Å². The highest BCUT2D eigenvalue weighted by atomic mass is 79.9. The molecule has 2 N–H and O–H groups in total. The molecule has 4 nitrogen and oxygen atoms in total. The Morgan fingerprint density at radius 1 is 1.00 bits per heavy atom. The predicted molar refractivity (Wildman–Crippen MR) is 141 cm³/mol. The number of carbonyl (C=O) groups excluding carboxylic acids is 1. The normalized spacial score (nSPS) is 12.2. The second kappa shape index (κ2) is 10.3. The number of phenolic OH excluding ortho intramolecular Hbond substituents is 1. The van der Waals surface area contributed by atoms with Crippen LogP contribution < -0.4 is 5.43 Å². The number of hydrogen-bond acceptors (Lipinski definition) is 3. The fourth-order valence-corrected chi connectivity index (χ4v) is 4.87. The molecular formula is C27H22Br2N2O2. The molecule has 0 saturated carbocycles. The van der Waals surface area contributed by atoms with Crippen molar-refractivity contribution in [2.24, 2.45) is 5.10 Å². The van der Waals surface area contributed by atoms with Gasteiger partial charge in [-0.2, -0.15) is 5.10 Å². The summed E-state index contributed by atoms with van der Waals surface area (Å²) in [5, 5.41) is 16.8. The first-order chi connectivity index (χ1) is 15.9. The lowest BCUT2D eigenvalue weighted by molar-refractivity contribution is -0.122. The maximum atomic E-state index is 13.2. The van der Waals surface area contributed by atoms with Gasteiger partial charge in [-0.3, -0.25) is 4.79 Å². The first-order valence-corrected chi connectivity index (χ1v) is 12.1. The molecule has 0 aliphatic heterocycles. The van der Waals surface area contributed by atoms with Gasteiger partial charge in [-0.1, -0.05) is 88.7 Å². The van der Waals surface area contributed by atoms with Crippen LogP contribution in [0.25, 0.3) is 10.8 Å². The lowest BCUT2D eigenvalue weighted by Crippen LogP contribution is -2.27. The Morgan fingerprint density at radius 3 is 2.45 bits per heavy atom. The van der Waals surface area contributed by atoms with Gasteiger partial charge in [-0.15, -0.1) is 0 Å². The number of carbonyl (C=O) groups is 1. The van der Waals surface area contributed by atoms with Crippen LogP contribution in [0.5, 0.6) is 5.75 Å². The van der Waals surface area contributed by atoms with Crippen LogP contribution in [-0.2, 0) is 11.2 Å². The monoisotopic (exact) mass is 564 g/mol. The molecule has 6 heteroatoms.